The summed E-state index contributed by atoms with van der Waals surface area (Å²) in [6.07, 6.45) is 4.79. The molecule has 0 saturated heterocycles. The van der Waals surface area contributed by atoms with Crippen molar-refractivity contribution in [1.82, 2.24) is 4.98 Å². The Morgan fingerprint density at radius 1 is 1.44 bits per heavy atom. The van der Waals surface area contributed by atoms with E-state index in [0.29, 0.717) is 17.8 Å². The van der Waals surface area contributed by atoms with E-state index in [1.807, 2.05) is 0 Å². The average Bonchev–Trinajstić information content (AvgIpc) is 2.34. The number of carboxylic acids is 1. The van der Waals surface area contributed by atoms with Crippen molar-refractivity contribution in [2.24, 2.45) is 5.92 Å². The third kappa shape index (κ3) is 2.93. The van der Waals surface area contributed by atoms with Crippen LogP contribution in [0.3, 0.4) is 0 Å². The predicted molar refractivity (Wildman–Crippen MR) is 71.2 cm³/mol. The molecule has 0 spiro atoms. The molecule has 0 aliphatic heterocycles. The third-order valence-corrected chi connectivity index (χ3v) is 3.80. The van der Waals surface area contributed by atoms with E-state index in [9.17, 15) is 4.79 Å². The highest BCUT2D eigenvalue weighted by molar-refractivity contribution is 6.33. The van der Waals surface area contributed by atoms with E-state index >= 15 is 0 Å². The lowest BCUT2D eigenvalue weighted by atomic mass is 9.86. The van der Waals surface area contributed by atoms with E-state index < -0.39 is 5.97 Å². The van der Waals surface area contributed by atoms with Crippen LogP contribution < -0.4 is 5.32 Å². The van der Waals surface area contributed by atoms with Crippen LogP contribution in [0.2, 0.25) is 5.02 Å². The number of nitrogens with zero attached hydrogens (tertiary/aromatic N) is 1. The van der Waals surface area contributed by atoms with Crippen molar-refractivity contribution in [2.45, 2.75) is 38.6 Å². The minimum Gasteiger partial charge on any atom is -0.476 e. The maximum atomic E-state index is 11.0. The smallest absolute Gasteiger partial charge is 0.356 e. The van der Waals surface area contributed by atoms with Crippen molar-refractivity contribution in [2.75, 3.05) is 5.32 Å². The molecule has 2 N–H and O–H groups in total. The molecule has 1 aromatic heterocycles. The topological polar surface area (TPSA) is 62.2 Å². The molecule has 1 saturated carbocycles. The van der Waals surface area contributed by atoms with E-state index in [2.05, 4.69) is 17.2 Å². The van der Waals surface area contributed by atoms with Gasteiger partial charge in [-0.05, 0) is 30.9 Å². The summed E-state index contributed by atoms with van der Waals surface area (Å²) in [5.74, 6) is 0.0837. The van der Waals surface area contributed by atoms with E-state index in [1.165, 1.54) is 19.3 Å². The zero-order valence-electron chi connectivity index (χ0n) is 10.3. The number of anilines is 1. The first-order valence-corrected chi connectivity index (χ1v) is 6.62. The summed E-state index contributed by atoms with van der Waals surface area (Å²) in [6, 6.07) is 3.68. The Labute approximate surface area is 111 Å². The molecule has 1 fully saturated rings. The van der Waals surface area contributed by atoms with Gasteiger partial charge in [-0.15, -0.1) is 0 Å². The molecule has 2 atom stereocenters. The van der Waals surface area contributed by atoms with E-state index in [4.69, 9.17) is 16.7 Å². The first-order chi connectivity index (χ1) is 8.58. The molecule has 18 heavy (non-hydrogen) atoms. The fraction of sp³-hybridized carbons (Fsp3) is 0.538. The Balaban J connectivity index is 2.14. The molecular weight excluding hydrogens is 252 g/mol. The van der Waals surface area contributed by atoms with Gasteiger partial charge in [0.1, 0.15) is 5.82 Å². The first-order valence-electron chi connectivity index (χ1n) is 6.24. The molecule has 5 heteroatoms. The van der Waals surface area contributed by atoms with Gasteiger partial charge in [0, 0.05) is 6.04 Å². The summed E-state index contributed by atoms with van der Waals surface area (Å²) < 4.78 is 0. The van der Waals surface area contributed by atoms with Gasteiger partial charge in [-0.2, -0.15) is 0 Å². The number of hydrogen-bond acceptors (Lipinski definition) is 3. The minimum atomic E-state index is -1.10. The predicted octanol–water partition coefficient (Wildman–Crippen LogP) is 3.42. The van der Waals surface area contributed by atoms with Gasteiger partial charge in [0.15, 0.2) is 5.69 Å². The monoisotopic (exact) mass is 268 g/mol. The van der Waals surface area contributed by atoms with E-state index in [1.54, 1.807) is 12.1 Å². The highest BCUT2D eigenvalue weighted by atomic mass is 35.5. The van der Waals surface area contributed by atoms with Gasteiger partial charge in [-0.3, -0.25) is 0 Å². The summed E-state index contributed by atoms with van der Waals surface area (Å²) in [5.41, 5.74) is -0.0925. The molecular formula is C13H17ClN2O2. The first kappa shape index (κ1) is 13.1. The Hall–Kier alpha value is -1.29. The number of carboxylic acid groups (broad SMARTS) is 1. The van der Waals surface area contributed by atoms with Gasteiger partial charge in [0.05, 0.1) is 5.02 Å². The van der Waals surface area contributed by atoms with Gasteiger partial charge >= 0.3 is 5.97 Å². The van der Waals surface area contributed by atoms with Crippen LogP contribution in [0.5, 0.6) is 0 Å². The Bertz CT molecular complexity index is 451. The normalized spacial score (nSPS) is 23.7. The summed E-state index contributed by atoms with van der Waals surface area (Å²) in [7, 11) is 0. The SMILES string of the molecule is CC1CCCCC1Nc1ccc(Cl)c(C(=O)O)n1. The van der Waals surface area contributed by atoms with Gasteiger partial charge < -0.3 is 10.4 Å². The molecule has 1 aromatic rings. The van der Waals surface area contributed by atoms with Gasteiger partial charge in [-0.1, -0.05) is 31.4 Å². The summed E-state index contributed by atoms with van der Waals surface area (Å²) in [6.45, 7) is 2.21. The fourth-order valence-corrected chi connectivity index (χ4v) is 2.58. The highest BCUT2D eigenvalue weighted by Crippen LogP contribution is 2.27. The number of nitrogens with one attached hydrogen (secondary N) is 1. The molecule has 1 aliphatic carbocycles. The van der Waals surface area contributed by atoms with Crippen LogP contribution in [0.15, 0.2) is 12.1 Å². The number of aromatic nitrogens is 1. The standard InChI is InChI=1S/C13H17ClN2O2/c1-8-4-2-3-5-10(8)15-11-7-6-9(14)12(16-11)13(17)18/h6-8,10H,2-5H2,1H3,(H,15,16)(H,17,18). The molecule has 4 nitrogen and oxygen atoms in total. The molecule has 1 aliphatic rings. The van der Waals surface area contributed by atoms with Crippen molar-refractivity contribution >= 4 is 23.4 Å². The second kappa shape index (κ2) is 5.57. The van der Waals surface area contributed by atoms with Crippen LogP contribution in [-0.4, -0.2) is 22.1 Å². The number of pyridine rings is 1. The molecule has 2 unspecified atom stereocenters. The number of halogens is 1. The zero-order chi connectivity index (χ0) is 13.1. The van der Waals surface area contributed by atoms with Crippen molar-refractivity contribution < 1.29 is 9.90 Å². The van der Waals surface area contributed by atoms with Crippen molar-refractivity contribution in [3.05, 3.63) is 22.8 Å². The average molecular weight is 269 g/mol. The molecule has 98 valence electrons. The van der Waals surface area contributed by atoms with Crippen LogP contribution in [0.4, 0.5) is 5.82 Å². The Morgan fingerprint density at radius 3 is 2.83 bits per heavy atom. The maximum Gasteiger partial charge on any atom is 0.356 e. The van der Waals surface area contributed by atoms with Crippen LogP contribution in [0, 0.1) is 5.92 Å². The van der Waals surface area contributed by atoms with Gasteiger partial charge in [0.2, 0.25) is 0 Å². The molecule has 0 radical (unpaired) electrons. The number of carbonyl (C=O) groups is 1. The Morgan fingerprint density at radius 2 is 2.17 bits per heavy atom. The van der Waals surface area contributed by atoms with E-state index in [0.717, 1.165) is 6.42 Å². The van der Waals surface area contributed by atoms with Crippen LogP contribution in [0.1, 0.15) is 43.1 Å². The second-order valence-electron chi connectivity index (χ2n) is 4.84. The van der Waals surface area contributed by atoms with Crippen molar-refractivity contribution in [1.29, 1.82) is 0 Å². The molecule has 0 bridgehead atoms. The summed E-state index contributed by atoms with van der Waals surface area (Å²) in [4.78, 5) is 15.0. The number of rotatable bonds is 3. The van der Waals surface area contributed by atoms with E-state index in [-0.39, 0.29) is 10.7 Å². The summed E-state index contributed by atoms with van der Waals surface area (Å²) >= 11 is 5.79. The number of aromatic carboxylic acids is 1. The molecule has 0 amide bonds. The largest absolute Gasteiger partial charge is 0.476 e. The molecule has 0 aromatic carbocycles. The molecule has 2 rings (SSSR count). The van der Waals surface area contributed by atoms with Crippen LogP contribution >= 0.6 is 11.6 Å². The van der Waals surface area contributed by atoms with Crippen molar-refractivity contribution in [3.63, 3.8) is 0 Å². The van der Waals surface area contributed by atoms with Gasteiger partial charge in [0.25, 0.3) is 0 Å². The second-order valence-corrected chi connectivity index (χ2v) is 5.25. The minimum absolute atomic E-state index is 0.0925. The highest BCUT2D eigenvalue weighted by Gasteiger charge is 2.22. The summed E-state index contributed by atoms with van der Waals surface area (Å²) in [5, 5.41) is 12.5. The van der Waals surface area contributed by atoms with Crippen LogP contribution in [0.25, 0.3) is 0 Å². The molecule has 1 heterocycles. The third-order valence-electron chi connectivity index (χ3n) is 3.49. The lowest BCUT2D eigenvalue weighted by Gasteiger charge is -2.30. The van der Waals surface area contributed by atoms with Crippen LogP contribution in [-0.2, 0) is 0 Å². The quantitative estimate of drug-likeness (QED) is 0.882. The lowest BCUT2D eigenvalue weighted by Crippen LogP contribution is -2.30. The van der Waals surface area contributed by atoms with Crippen molar-refractivity contribution in [3.8, 4) is 0 Å². The lowest BCUT2D eigenvalue weighted by molar-refractivity contribution is 0.0691. The van der Waals surface area contributed by atoms with Gasteiger partial charge in [-0.25, -0.2) is 9.78 Å². The number of hydrogen-bond donors (Lipinski definition) is 2. The maximum absolute atomic E-state index is 11.0. The zero-order valence-corrected chi connectivity index (χ0v) is 11.1. The Kier molecular flexibility index (Phi) is 4.07. The fourth-order valence-electron chi connectivity index (χ4n) is 2.39.